The average Bonchev–Trinajstić information content (AvgIpc) is 2.69. The Hall–Kier alpha value is -0.390. The summed E-state index contributed by atoms with van der Waals surface area (Å²) in [5.41, 5.74) is 1.33. The number of hydrogen-bond donors (Lipinski definition) is 1. The average molecular weight is 259 g/mol. The monoisotopic (exact) mass is 259 g/mol. The second kappa shape index (κ2) is 5.29. The molecule has 0 saturated carbocycles. The number of thiophene rings is 1. The van der Waals surface area contributed by atoms with Crippen LogP contribution in [0.15, 0.2) is 16.8 Å². The Morgan fingerprint density at radius 1 is 1.50 bits per heavy atom. The normalized spacial score (nSPS) is 24.4. The fourth-order valence-electron chi connectivity index (χ4n) is 2.04. The summed E-state index contributed by atoms with van der Waals surface area (Å²) in [5, 5.41) is 7.55. The van der Waals surface area contributed by atoms with E-state index in [4.69, 9.17) is 0 Å². The number of hydrogen-bond acceptors (Lipinski definition) is 4. The molecule has 5 heteroatoms. The molecule has 1 aliphatic rings. The van der Waals surface area contributed by atoms with Gasteiger partial charge >= 0.3 is 0 Å². The van der Waals surface area contributed by atoms with Crippen LogP contribution in [0.5, 0.6) is 0 Å². The van der Waals surface area contributed by atoms with Crippen LogP contribution in [0.4, 0.5) is 0 Å². The van der Waals surface area contributed by atoms with Crippen LogP contribution in [0, 0.1) is 0 Å². The Labute approximate surface area is 101 Å². The maximum atomic E-state index is 11.4. The molecule has 90 valence electrons. The molecule has 1 aromatic rings. The quantitative estimate of drug-likeness (QED) is 0.890. The van der Waals surface area contributed by atoms with E-state index in [0.717, 1.165) is 25.8 Å². The first-order chi connectivity index (χ1) is 7.66. The van der Waals surface area contributed by atoms with Gasteiger partial charge in [0.05, 0.1) is 11.5 Å². The van der Waals surface area contributed by atoms with E-state index in [0.29, 0.717) is 11.5 Å². The second-order valence-corrected chi connectivity index (χ2v) is 7.30. The summed E-state index contributed by atoms with van der Waals surface area (Å²) >= 11 is 1.70. The molecule has 1 aromatic heterocycles. The van der Waals surface area contributed by atoms with Gasteiger partial charge in [-0.15, -0.1) is 0 Å². The summed E-state index contributed by atoms with van der Waals surface area (Å²) in [6.45, 7) is 0.872. The van der Waals surface area contributed by atoms with E-state index in [1.807, 2.05) is 0 Å². The van der Waals surface area contributed by atoms with E-state index >= 15 is 0 Å². The predicted molar refractivity (Wildman–Crippen MR) is 67.7 cm³/mol. The van der Waals surface area contributed by atoms with Crippen LogP contribution < -0.4 is 5.32 Å². The van der Waals surface area contributed by atoms with E-state index in [-0.39, 0.29) is 6.04 Å². The van der Waals surface area contributed by atoms with Crippen molar-refractivity contribution in [3.8, 4) is 0 Å². The standard InChI is InChI=1S/C11H17NO2S2/c13-16(14)7-1-2-11(9-16)12-5-3-10-4-6-15-8-10/h4,6,8,11-12H,1-3,5,7,9H2. The van der Waals surface area contributed by atoms with E-state index in [2.05, 4.69) is 22.1 Å². The second-order valence-electron chi connectivity index (χ2n) is 4.29. The molecule has 0 radical (unpaired) electrons. The van der Waals surface area contributed by atoms with Gasteiger partial charge in [-0.25, -0.2) is 8.42 Å². The molecule has 1 atom stereocenters. The van der Waals surface area contributed by atoms with Crippen LogP contribution >= 0.6 is 11.3 Å². The van der Waals surface area contributed by atoms with Crippen LogP contribution in [-0.4, -0.2) is 32.5 Å². The molecule has 0 aliphatic carbocycles. The highest BCUT2D eigenvalue weighted by molar-refractivity contribution is 7.91. The Morgan fingerprint density at radius 3 is 3.06 bits per heavy atom. The van der Waals surface area contributed by atoms with Gasteiger partial charge in [0.1, 0.15) is 0 Å². The van der Waals surface area contributed by atoms with Gasteiger partial charge < -0.3 is 5.32 Å². The molecule has 0 bridgehead atoms. The highest BCUT2D eigenvalue weighted by atomic mass is 32.2. The lowest BCUT2D eigenvalue weighted by Gasteiger charge is -2.22. The minimum atomic E-state index is -2.78. The fourth-order valence-corrected chi connectivity index (χ4v) is 4.41. The third-order valence-electron chi connectivity index (χ3n) is 2.89. The number of nitrogens with one attached hydrogen (secondary N) is 1. The lowest BCUT2D eigenvalue weighted by molar-refractivity contribution is 0.483. The van der Waals surface area contributed by atoms with Crippen molar-refractivity contribution in [2.75, 3.05) is 18.1 Å². The van der Waals surface area contributed by atoms with Crippen LogP contribution in [0.1, 0.15) is 18.4 Å². The lowest BCUT2D eigenvalue weighted by atomic mass is 10.1. The van der Waals surface area contributed by atoms with Crippen molar-refractivity contribution in [1.82, 2.24) is 5.32 Å². The molecule has 0 amide bonds. The van der Waals surface area contributed by atoms with Gasteiger partial charge in [-0.3, -0.25) is 0 Å². The Kier molecular flexibility index (Phi) is 4.00. The molecular weight excluding hydrogens is 242 g/mol. The maximum absolute atomic E-state index is 11.4. The van der Waals surface area contributed by atoms with Crippen molar-refractivity contribution in [3.05, 3.63) is 22.4 Å². The SMILES string of the molecule is O=S1(=O)CCCC(NCCc2ccsc2)C1. The van der Waals surface area contributed by atoms with Gasteiger partial charge in [0.2, 0.25) is 0 Å². The van der Waals surface area contributed by atoms with Crippen LogP contribution in [0.2, 0.25) is 0 Å². The highest BCUT2D eigenvalue weighted by Crippen LogP contribution is 2.12. The molecule has 1 unspecified atom stereocenters. The van der Waals surface area contributed by atoms with Crippen molar-refractivity contribution in [2.24, 2.45) is 0 Å². The molecule has 0 aromatic carbocycles. The zero-order valence-electron chi connectivity index (χ0n) is 9.19. The topological polar surface area (TPSA) is 46.2 Å². The molecule has 0 spiro atoms. The van der Waals surface area contributed by atoms with Gasteiger partial charge in [-0.1, -0.05) is 0 Å². The molecular formula is C11H17NO2S2. The van der Waals surface area contributed by atoms with Gasteiger partial charge in [-0.2, -0.15) is 11.3 Å². The van der Waals surface area contributed by atoms with Crippen molar-refractivity contribution in [3.63, 3.8) is 0 Å². The molecule has 2 heterocycles. The minimum Gasteiger partial charge on any atom is -0.313 e. The smallest absolute Gasteiger partial charge is 0.151 e. The van der Waals surface area contributed by atoms with Gasteiger partial charge in [-0.05, 0) is 48.2 Å². The molecule has 3 nitrogen and oxygen atoms in total. The van der Waals surface area contributed by atoms with E-state index in [1.54, 1.807) is 11.3 Å². The van der Waals surface area contributed by atoms with Crippen LogP contribution in [-0.2, 0) is 16.3 Å². The zero-order chi connectivity index (χ0) is 11.4. The Balaban J connectivity index is 1.74. The number of sulfone groups is 1. The van der Waals surface area contributed by atoms with Crippen molar-refractivity contribution >= 4 is 21.2 Å². The van der Waals surface area contributed by atoms with E-state index < -0.39 is 9.84 Å². The molecule has 1 N–H and O–H groups in total. The van der Waals surface area contributed by atoms with Crippen LogP contribution in [0.25, 0.3) is 0 Å². The molecule has 16 heavy (non-hydrogen) atoms. The first-order valence-corrected chi connectivity index (χ1v) is 8.37. The summed E-state index contributed by atoms with van der Waals surface area (Å²) in [6, 6.07) is 2.28. The molecule has 2 rings (SSSR count). The maximum Gasteiger partial charge on any atom is 0.151 e. The van der Waals surface area contributed by atoms with Crippen LogP contribution in [0.3, 0.4) is 0 Å². The summed E-state index contributed by atoms with van der Waals surface area (Å²) in [7, 11) is -2.78. The van der Waals surface area contributed by atoms with Crippen molar-refractivity contribution < 1.29 is 8.42 Å². The minimum absolute atomic E-state index is 0.164. The molecule has 1 aliphatic heterocycles. The first kappa shape index (κ1) is 12.1. The Morgan fingerprint density at radius 2 is 2.38 bits per heavy atom. The number of rotatable bonds is 4. The third-order valence-corrected chi connectivity index (χ3v) is 5.44. The summed E-state index contributed by atoms with van der Waals surface area (Å²) < 4.78 is 22.8. The lowest BCUT2D eigenvalue weighted by Crippen LogP contribution is -2.40. The largest absolute Gasteiger partial charge is 0.313 e. The van der Waals surface area contributed by atoms with Gasteiger partial charge in [0.15, 0.2) is 9.84 Å². The summed E-state index contributed by atoms with van der Waals surface area (Å²) in [4.78, 5) is 0. The Bertz CT molecular complexity index is 411. The predicted octanol–water partition coefficient (Wildman–Crippen LogP) is 1.46. The third kappa shape index (κ3) is 3.57. The molecule has 1 saturated heterocycles. The highest BCUT2D eigenvalue weighted by Gasteiger charge is 2.23. The fraction of sp³-hybridized carbons (Fsp3) is 0.636. The first-order valence-electron chi connectivity index (χ1n) is 5.61. The van der Waals surface area contributed by atoms with Crippen molar-refractivity contribution in [1.29, 1.82) is 0 Å². The van der Waals surface area contributed by atoms with Crippen molar-refractivity contribution in [2.45, 2.75) is 25.3 Å². The van der Waals surface area contributed by atoms with Gasteiger partial charge in [0.25, 0.3) is 0 Å². The summed E-state index contributed by atoms with van der Waals surface area (Å²) in [5.74, 6) is 0.687. The molecule has 1 fully saturated rings. The van der Waals surface area contributed by atoms with Gasteiger partial charge in [0, 0.05) is 6.04 Å². The summed E-state index contributed by atoms with van der Waals surface area (Å²) in [6.07, 6.45) is 2.78. The van der Waals surface area contributed by atoms with E-state index in [1.165, 1.54) is 5.56 Å². The van der Waals surface area contributed by atoms with E-state index in [9.17, 15) is 8.42 Å². The zero-order valence-corrected chi connectivity index (χ0v) is 10.8.